The fourth-order valence-electron chi connectivity index (χ4n) is 2.50. The highest BCUT2D eigenvalue weighted by molar-refractivity contribution is 6.30. The number of carbonyl (C=O) groups is 1. The van der Waals surface area contributed by atoms with Crippen molar-refractivity contribution in [2.45, 2.75) is 38.3 Å². The van der Waals surface area contributed by atoms with Gasteiger partial charge < -0.3 is 4.90 Å². The van der Waals surface area contributed by atoms with Crippen LogP contribution in [0.15, 0.2) is 24.3 Å². The molecule has 0 atom stereocenters. The highest BCUT2D eigenvalue weighted by Crippen LogP contribution is 2.25. The van der Waals surface area contributed by atoms with Crippen molar-refractivity contribution in [3.8, 4) is 0 Å². The molecule has 0 bridgehead atoms. The SMILES string of the molecule is O=C(CCl)N(Cc1ccc(Cl)cc1)C1CCCC1. The minimum Gasteiger partial charge on any atom is -0.334 e. The van der Waals surface area contributed by atoms with Crippen LogP contribution >= 0.6 is 23.2 Å². The van der Waals surface area contributed by atoms with Crippen LogP contribution in [-0.4, -0.2) is 22.7 Å². The molecule has 2 rings (SSSR count). The molecule has 1 saturated carbocycles. The molecule has 2 nitrogen and oxygen atoms in total. The summed E-state index contributed by atoms with van der Waals surface area (Å²) in [4.78, 5) is 13.9. The van der Waals surface area contributed by atoms with Crippen molar-refractivity contribution in [1.29, 1.82) is 0 Å². The number of halogens is 2. The number of carbonyl (C=O) groups excluding carboxylic acids is 1. The molecule has 1 fully saturated rings. The van der Waals surface area contributed by atoms with Crippen LogP contribution in [0.5, 0.6) is 0 Å². The smallest absolute Gasteiger partial charge is 0.238 e. The molecule has 0 unspecified atom stereocenters. The fourth-order valence-corrected chi connectivity index (χ4v) is 2.78. The summed E-state index contributed by atoms with van der Waals surface area (Å²) in [5, 5.41) is 0.717. The van der Waals surface area contributed by atoms with Gasteiger partial charge in [0.05, 0.1) is 0 Å². The van der Waals surface area contributed by atoms with E-state index < -0.39 is 0 Å². The van der Waals surface area contributed by atoms with E-state index in [1.165, 1.54) is 12.8 Å². The van der Waals surface area contributed by atoms with Crippen LogP contribution in [-0.2, 0) is 11.3 Å². The molecule has 0 heterocycles. The summed E-state index contributed by atoms with van der Waals surface area (Å²) in [6.07, 6.45) is 4.60. The minimum absolute atomic E-state index is 0.0264. The zero-order valence-corrected chi connectivity index (χ0v) is 11.8. The van der Waals surface area contributed by atoms with Crippen LogP contribution in [0.2, 0.25) is 5.02 Å². The normalized spacial score (nSPS) is 15.9. The largest absolute Gasteiger partial charge is 0.334 e. The quantitative estimate of drug-likeness (QED) is 0.770. The van der Waals surface area contributed by atoms with Gasteiger partial charge >= 0.3 is 0 Å². The Hall–Kier alpha value is -0.730. The van der Waals surface area contributed by atoms with Crippen LogP contribution in [0.4, 0.5) is 0 Å². The van der Waals surface area contributed by atoms with Gasteiger partial charge in [-0.25, -0.2) is 0 Å². The van der Waals surface area contributed by atoms with E-state index in [9.17, 15) is 4.79 Å². The van der Waals surface area contributed by atoms with E-state index in [2.05, 4.69) is 0 Å². The molecule has 4 heteroatoms. The number of alkyl halides is 1. The number of nitrogens with zero attached hydrogens (tertiary/aromatic N) is 1. The Balaban J connectivity index is 2.09. The van der Waals surface area contributed by atoms with Crippen molar-refractivity contribution in [3.05, 3.63) is 34.9 Å². The van der Waals surface area contributed by atoms with Crippen molar-refractivity contribution in [3.63, 3.8) is 0 Å². The Morgan fingerprint density at radius 2 is 1.83 bits per heavy atom. The Bertz CT molecular complexity index is 399. The first kappa shape index (κ1) is 13.7. The van der Waals surface area contributed by atoms with E-state index in [4.69, 9.17) is 23.2 Å². The van der Waals surface area contributed by atoms with Crippen LogP contribution in [0, 0.1) is 0 Å². The van der Waals surface area contributed by atoms with E-state index in [0.717, 1.165) is 23.4 Å². The molecule has 1 aromatic rings. The summed E-state index contributed by atoms with van der Waals surface area (Å²) >= 11 is 11.6. The predicted octanol–water partition coefficient (Wildman–Crippen LogP) is 3.85. The molecule has 0 aliphatic heterocycles. The van der Waals surface area contributed by atoms with E-state index in [1.54, 1.807) is 0 Å². The average Bonchev–Trinajstić information content (AvgIpc) is 2.91. The molecule has 0 aromatic heterocycles. The zero-order chi connectivity index (χ0) is 13.0. The second kappa shape index (κ2) is 6.44. The first-order valence-electron chi connectivity index (χ1n) is 6.30. The third-order valence-electron chi connectivity index (χ3n) is 3.47. The van der Waals surface area contributed by atoms with Gasteiger partial charge in [-0.1, -0.05) is 36.6 Å². The minimum atomic E-state index is 0.0264. The van der Waals surface area contributed by atoms with Crippen LogP contribution in [0.3, 0.4) is 0 Å². The zero-order valence-electron chi connectivity index (χ0n) is 10.2. The second-order valence-electron chi connectivity index (χ2n) is 4.72. The number of hydrogen-bond donors (Lipinski definition) is 0. The molecule has 0 saturated heterocycles. The topological polar surface area (TPSA) is 20.3 Å². The molecule has 1 aromatic carbocycles. The van der Waals surface area contributed by atoms with Crippen molar-refractivity contribution in [2.24, 2.45) is 0 Å². The summed E-state index contributed by atoms with van der Waals surface area (Å²) in [5.74, 6) is 0.0860. The maximum absolute atomic E-state index is 11.9. The molecular formula is C14H17Cl2NO. The summed E-state index contributed by atoms with van der Waals surface area (Å²) < 4.78 is 0. The van der Waals surface area contributed by atoms with Crippen molar-refractivity contribution >= 4 is 29.1 Å². The maximum Gasteiger partial charge on any atom is 0.238 e. The van der Waals surface area contributed by atoms with Gasteiger partial charge in [-0.2, -0.15) is 0 Å². The Kier molecular flexibility index (Phi) is 4.90. The first-order chi connectivity index (χ1) is 8.70. The van der Waals surface area contributed by atoms with Gasteiger partial charge in [-0.3, -0.25) is 4.79 Å². The summed E-state index contributed by atoms with van der Waals surface area (Å²) in [5.41, 5.74) is 1.10. The number of rotatable bonds is 4. The molecule has 0 N–H and O–H groups in total. The van der Waals surface area contributed by atoms with E-state index in [1.807, 2.05) is 29.2 Å². The lowest BCUT2D eigenvalue weighted by molar-refractivity contribution is -0.131. The second-order valence-corrected chi connectivity index (χ2v) is 5.42. The van der Waals surface area contributed by atoms with Gasteiger partial charge in [-0.05, 0) is 30.5 Å². The van der Waals surface area contributed by atoms with Crippen molar-refractivity contribution in [1.82, 2.24) is 4.90 Å². The van der Waals surface area contributed by atoms with Crippen LogP contribution in [0.25, 0.3) is 0 Å². The number of amides is 1. The molecule has 0 spiro atoms. The monoisotopic (exact) mass is 285 g/mol. The van der Waals surface area contributed by atoms with Gasteiger partial charge in [-0.15, -0.1) is 11.6 Å². The summed E-state index contributed by atoms with van der Waals surface area (Å²) in [7, 11) is 0. The van der Waals surface area contributed by atoms with Gasteiger partial charge in [0.25, 0.3) is 0 Å². The molecule has 18 heavy (non-hydrogen) atoms. The highest BCUT2D eigenvalue weighted by atomic mass is 35.5. The van der Waals surface area contributed by atoms with Crippen LogP contribution < -0.4 is 0 Å². The summed E-state index contributed by atoms with van der Waals surface area (Å²) in [6.45, 7) is 0.632. The molecule has 98 valence electrons. The van der Waals surface area contributed by atoms with E-state index in [0.29, 0.717) is 12.6 Å². The lowest BCUT2D eigenvalue weighted by Gasteiger charge is -2.28. The fraction of sp³-hybridized carbons (Fsp3) is 0.500. The molecule has 1 aliphatic carbocycles. The molecule has 0 radical (unpaired) electrons. The standard InChI is InChI=1S/C14H17Cl2NO/c15-9-14(18)17(13-3-1-2-4-13)10-11-5-7-12(16)8-6-11/h5-8,13H,1-4,9-10H2. The van der Waals surface area contributed by atoms with Crippen molar-refractivity contribution in [2.75, 3.05) is 5.88 Å². The van der Waals surface area contributed by atoms with Gasteiger partial charge in [0, 0.05) is 17.6 Å². The third-order valence-corrected chi connectivity index (χ3v) is 3.95. The Morgan fingerprint density at radius 3 is 2.39 bits per heavy atom. The van der Waals surface area contributed by atoms with Gasteiger partial charge in [0.1, 0.15) is 5.88 Å². The molecule has 1 amide bonds. The summed E-state index contributed by atoms with van der Waals surface area (Å²) in [6, 6.07) is 7.99. The molecule has 1 aliphatic rings. The molecular weight excluding hydrogens is 269 g/mol. The van der Waals surface area contributed by atoms with E-state index >= 15 is 0 Å². The Morgan fingerprint density at radius 1 is 1.22 bits per heavy atom. The lowest BCUT2D eigenvalue weighted by Crippen LogP contribution is -2.39. The predicted molar refractivity (Wildman–Crippen MR) is 75.0 cm³/mol. The average molecular weight is 286 g/mol. The Labute approximate surface area is 118 Å². The van der Waals surface area contributed by atoms with Crippen molar-refractivity contribution < 1.29 is 4.79 Å². The highest BCUT2D eigenvalue weighted by Gasteiger charge is 2.25. The van der Waals surface area contributed by atoms with E-state index in [-0.39, 0.29) is 11.8 Å². The van der Waals surface area contributed by atoms with Gasteiger partial charge in [0.2, 0.25) is 5.91 Å². The maximum atomic E-state index is 11.9. The van der Waals surface area contributed by atoms with Gasteiger partial charge in [0.15, 0.2) is 0 Å². The number of benzene rings is 1. The lowest BCUT2D eigenvalue weighted by atomic mass is 10.1. The first-order valence-corrected chi connectivity index (χ1v) is 7.22. The number of hydrogen-bond acceptors (Lipinski definition) is 1. The van der Waals surface area contributed by atoms with Crippen LogP contribution in [0.1, 0.15) is 31.2 Å². The third kappa shape index (κ3) is 3.39.